The summed E-state index contributed by atoms with van der Waals surface area (Å²) in [7, 11) is 1.96. The maximum absolute atomic E-state index is 5.71. The van der Waals surface area contributed by atoms with E-state index in [4.69, 9.17) is 5.73 Å². The Morgan fingerprint density at radius 1 is 1.64 bits per heavy atom. The maximum atomic E-state index is 5.71. The third-order valence-electron chi connectivity index (χ3n) is 2.68. The van der Waals surface area contributed by atoms with Crippen molar-refractivity contribution in [2.75, 3.05) is 13.6 Å². The Kier molecular flexibility index (Phi) is 2.15. The first-order chi connectivity index (χ1) is 6.74. The monoisotopic (exact) mass is 193 g/mol. The zero-order chi connectivity index (χ0) is 10.1. The average Bonchev–Trinajstić information content (AvgIpc) is 2.75. The van der Waals surface area contributed by atoms with Crippen LogP contribution >= 0.6 is 0 Å². The fraction of sp³-hybridized carbons (Fsp3) is 0.556. The molecule has 5 heteroatoms. The molecule has 0 saturated heterocycles. The lowest BCUT2D eigenvalue weighted by Gasteiger charge is -2.21. The van der Waals surface area contributed by atoms with Crippen LogP contribution in [0, 0.1) is 0 Å². The first-order valence-corrected chi connectivity index (χ1v) is 4.76. The van der Waals surface area contributed by atoms with E-state index >= 15 is 0 Å². The molecule has 0 amide bonds. The van der Waals surface area contributed by atoms with Crippen LogP contribution in [0.15, 0.2) is 17.5 Å². The largest absolute Gasteiger partial charge is 0.370 e. The van der Waals surface area contributed by atoms with Gasteiger partial charge in [0.2, 0.25) is 0 Å². The van der Waals surface area contributed by atoms with Gasteiger partial charge in [0.15, 0.2) is 5.96 Å². The van der Waals surface area contributed by atoms with E-state index in [-0.39, 0.29) is 6.04 Å². The molecule has 0 spiro atoms. The molecule has 0 aliphatic carbocycles. The highest BCUT2D eigenvalue weighted by molar-refractivity contribution is 5.80. The molecule has 1 atom stereocenters. The number of likely N-dealkylation sites (N-methyl/N-ethyl adjacent to an activating group) is 1. The molecular weight excluding hydrogens is 178 g/mol. The van der Waals surface area contributed by atoms with Crippen molar-refractivity contribution in [3.8, 4) is 0 Å². The van der Waals surface area contributed by atoms with Crippen LogP contribution in [0.3, 0.4) is 0 Å². The van der Waals surface area contributed by atoms with Crippen molar-refractivity contribution in [3.63, 3.8) is 0 Å². The summed E-state index contributed by atoms with van der Waals surface area (Å²) in [5, 5.41) is 0. The molecule has 1 aliphatic rings. The Hall–Kier alpha value is -1.52. The molecule has 0 bridgehead atoms. The molecule has 1 aromatic rings. The minimum atomic E-state index is 0.248. The quantitative estimate of drug-likeness (QED) is 0.730. The van der Waals surface area contributed by atoms with Gasteiger partial charge in [0, 0.05) is 13.6 Å². The molecule has 1 unspecified atom stereocenters. The molecule has 1 aliphatic heterocycles. The number of imidazole rings is 1. The lowest BCUT2D eigenvalue weighted by Crippen LogP contribution is -2.33. The molecular formula is C9H15N5. The second kappa shape index (κ2) is 3.32. The van der Waals surface area contributed by atoms with Gasteiger partial charge in [0.25, 0.3) is 0 Å². The van der Waals surface area contributed by atoms with Crippen LogP contribution in [-0.4, -0.2) is 34.0 Å². The zero-order valence-corrected chi connectivity index (χ0v) is 8.51. The number of hydrogen-bond acceptors (Lipinski definition) is 4. The summed E-state index contributed by atoms with van der Waals surface area (Å²) >= 11 is 0. The van der Waals surface area contributed by atoms with Crippen molar-refractivity contribution in [1.82, 2.24) is 14.5 Å². The predicted octanol–water partition coefficient (Wildman–Crippen LogP) is 0.204. The summed E-state index contributed by atoms with van der Waals surface area (Å²) in [6.45, 7) is 3.76. The van der Waals surface area contributed by atoms with Gasteiger partial charge in [-0.2, -0.15) is 0 Å². The Balaban J connectivity index is 2.25. The number of aromatic nitrogens is 2. The predicted molar refractivity (Wildman–Crippen MR) is 54.9 cm³/mol. The Bertz CT molecular complexity index is 354. The van der Waals surface area contributed by atoms with Crippen molar-refractivity contribution in [2.45, 2.75) is 19.5 Å². The SMILES string of the molecule is CCn1cncc1C1CN=C(N)N1C. The van der Waals surface area contributed by atoms with Crippen molar-refractivity contribution in [3.05, 3.63) is 18.2 Å². The number of nitrogens with zero attached hydrogens (tertiary/aromatic N) is 4. The summed E-state index contributed by atoms with van der Waals surface area (Å²) in [5.41, 5.74) is 6.89. The van der Waals surface area contributed by atoms with Gasteiger partial charge in [-0.1, -0.05) is 0 Å². The number of nitrogens with two attached hydrogens (primary N) is 1. The van der Waals surface area contributed by atoms with Crippen LogP contribution in [0.2, 0.25) is 0 Å². The smallest absolute Gasteiger partial charge is 0.191 e. The first kappa shape index (κ1) is 9.05. The van der Waals surface area contributed by atoms with Gasteiger partial charge in [-0.15, -0.1) is 0 Å². The van der Waals surface area contributed by atoms with Gasteiger partial charge in [-0.3, -0.25) is 4.99 Å². The molecule has 2 heterocycles. The van der Waals surface area contributed by atoms with E-state index in [0.29, 0.717) is 5.96 Å². The topological polar surface area (TPSA) is 59.4 Å². The van der Waals surface area contributed by atoms with Gasteiger partial charge in [0.1, 0.15) is 0 Å². The normalized spacial score (nSPS) is 21.4. The van der Waals surface area contributed by atoms with E-state index in [1.165, 1.54) is 5.69 Å². The van der Waals surface area contributed by atoms with Gasteiger partial charge in [0.05, 0.1) is 30.8 Å². The van der Waals surface area contributed by atoms with E-state index in [2.05, 4.69) is 21.5 Å². The van der Waals surface area contributed by atoms with Crippen LogP contribution in [0.4, 0.5) is 0 Å². The lowest BCUT2D eigenvalue weighted by atomic mass is 10.2. The highest BCUT2D eigenvalue weighted by Crippen LogP contribution is 2.23. The number of aliphatic imine (C=N–C) groups is 1. The molecule has 0 saturated carbocycles. The van der Waals surface area contributed by atoms with Crippen LogP contribution in [-0.2, 0) is 6.54 Å². The number of rotatable bonds is 2. The number of aryl methyl sites for hydroxylation is 1. The summed E-state index contributed by atoms with van der Waals surface area (Å²) in [6, 6.07) is 0.248. The Morgan fingerprint density at radius 3 is 3.00 bits per heavy atom. The van der Waals surface area contributed by atoms with Gasteiger partial charge in [-0.05, 0) is 6.92 Å². The van der Waals surface area contributed by atoms with Crippen LogP contribution in [0.1, 0.15) is 18.7 Å². The fourth-order valence-electron chi connectivity index (χ4n) is 1.74. The second-order valence-electron chi connectivity index (χ2n) is 3.43. The molecule has 76 valence electrons. The van der Waals surface area contributed by atoms with Crippen LogP contribution in [0.5, 0.6) is 0 Å². The Morgan fingerprint density at radius 2 is 2.43 bits per heavy atom. The van der Waals surface area contributed by atoms with Crippen LogP contribution in [0.25, 0.3) is 0 Å². The van der Waals surface area contributed by atoms with Gasteiger partial charge >= 0.3 is 0 Å². The maximum Gasteiger partial charge on any atom is 0.191 e. The highest BCUT2D eigenvalue weighted by atomic mass is 15.3. The summed E-state index contributed by atoms with van der Waals surface area (Å²) in [4.78, 5) is 10.3. The molecule has 0 fully saturated rings. The Labute approximate surface area is 83.2 Å². The summed E-state index contributed by atoms with van der Waals surface area (Å²) in [6.07, 6.45) is 3.73. The first-order valence-electron chi connectivity index (χ1n) is 4.76. The van der Waals surface area contributed by atoms with Crippen molar-refractivity contribution in [2.24, 2.45) is 10.7 Å². The van der Waals surface area contributed by atoms with E-state index in [9.17, 15) is 0 Å². The molecule has 14 heavy (non-hydrogen) atoms. The van der Waals surface area contributed by atoms with Crippen LogP contribution < -0.4 is 5.73 Å². The zero-order valence-electron chi connectivity index (χ0n) is 8.51. The molecule has 2 rings (SSSR count). The van der Waals surface area contributed by atoms with E-state index in [0.717, 1.165) is 13.1 Å². The molecule has 1 aromatic heterocycles. The van der Waals surface area contributed by atoms with Gasteiger partial charge in [-0.25, -0.2) is 4.98 Å². The minimum Gasteiger partial charge on any atom is -0.370 e. The molecule has 2 N–H and O–H groups in total. The third kappa shape index (κ3) is 1.25. The number of hydrogen-bond donors (Lipinski definition) is 1. The lowest BCUT2D eigenvalue weighted by molar-refractivity contribution is 0.393. The molecule has 0 aromatic carbocycles. The summed E-state index contributed by atoms with van der Waals surface area (Å²) in [5.74, 6) is 0.610. The molecule has 0 radical (unpaired) electrons. The fourth-order valence-corrected chi connectivity index (χ4v) is 1.74. The van der Waals surface area contributed by atoms with Crippen molar-refractivity contribution in [1.29, 1.82) is 0 Å². The van der Waals surface area contributed by atoms with Gasteiger partial charge < -0.3 is 15.2 Å². The highest BCUT2D eigenvalue weighted by Gasteiger charge is 2.26. The average molecular weight is 193 g/mol. The summed E-state index contributed by atoms with van der Waals surface area (Å²) < 4.78 is 2.12. The number of guanidine groups is 1. The van der Waals surface area contributed by atoms with Crippen molar-refractivity contribution < 1.29 is 0 Å². The van der Waals surface area contributed by atoms with Crippen molar-refractivity contribution >= 4 is 5.96 Å². The third-order valence-corrected chi connectivity index (χ3v) is 2.68. The minimum absolute atomic E-state index is 0.248. The standard InChI is InChI=1S/C9H15N5/c1-3-14-6-11-4-8(14)7-5-12-9(10)13(7)2/h4,6-7H,3,5H2,1-2H3,(H2,10,12). The van der Waals surface area contributed by atoms with E-state index in [1.807, 2.05) is 24.5 Å². The van der Waals surface area contributed by atoms with E-state index < -0.39 is 0 Å². The molecule has 5 nitrogen and oxygen atoms in total. The second-order valence-corrected chi connectivity index (χ2v) is 3.43. The van der Waals surface area contributed by atoms with E-state index in [1.54, 1.807) is 0 Å².